The van der Waals surface area contributed by atoms with Crippen LogP contribution in [0.3, 0.4) is 0 Å². The van der Waals surface area contributed by atoms with Gasteiger partial charge < -0.3 is 23.4 Å². The molecule has 1 rings (SSSR count). The topological polar surface area (TPSA) is 46.2 Å². The molecule has 0 spiro atoms. The maximum absolute atomic E-state index is 7.03. The average Bonchev–Trinajstić information content (AvgIpc) is 2.82. The Hall–Kier alpha value is -0.763. The summed E-state index contributed by atoms with van der Waals surface area (Å²) in [7, 11) is 3.15. The minimum atomic E-state index is -2.03. The number of hydrogen-bond donors (Lipinski definition) is 0. The van der Waals surface area contributed by atoms with Gasteiger partial charge in [-0.05, 0) is 89.8 Å². The van der Waals surface area contributed by atoms with Gasteiger partial charge in [0.15, 0.2) is 8.32 Å². The summed E-state index contributed by atoms with van der Waals surface area (Å²) in [6, 6.07) is 0. The van der Waals surface area contributed by atoms with Gasteiger partial charge in [-0.1, -0.05) is 62.6 Å². The summed E-state index contributed by atoms with van der Waals surface area (Å²) in [5.41, 5.74) is 4.29. The molecule has 5 nitrogen and oxygen atoms in total. The Morgan fingerprint density at radius 2 is 1.29 bits per heavy atom. The number of methoxy groups -OCH3 is 3. The van der Waals surface area contributed by atoms with Crippen LogP contribution in [0.4, 0.5) is 0 Å². The number of hydrogen-bond acceptors (Lipinski definition) is 5. The fourth-order valence-electron chi connectivity index (χ4n) is 5.08. The van der Waals surface area contributed by atoms with E-state index in [0.29, 0.717) is 0 Å². The van der Waals surface area contributed by atoms with Gasteiger partial charge in [-0.15, -0.1) is 0 Å². The van der Waals surface area contributed by atoms with E-state index in [4.69, 9.17) is 23.4 Å². The summed E-state index contributed by atoms with van der Waals surface area (Å²) in [6.45, 7) is 22.8. The molecular weight excluding hydrogens is 492 g/mol. The van der Waals surface area contributed by atoms with Gasteiger partial charge >= 0.3 is 0 Å². The SMILES string of the molecule is COCO[C@@H]1[C@H](C/C=C(\C)CC/C=C(\C)CCC=C(C)C)[C@@H](C)[C@H](O[Si](C)(C)C(C)(C)C)[C@@H](OC)[C@H]1OC. The molecule has 0 radical (unpaired) electrons. The molecule has 0 aromatic rings. The van der Waals surface area contributed by atoms with E-state index in [1.54, 1.807) is 21.3 Å². The molecule has 0 saturated heterocycles. The van der Waals surface area contributed by atoms with E-state index in [1.807, 2.05) is 0 Å². The smallest absolute Gasteiger partial charge is 0.192 e. The molecule has 0 aliphatic heterocycles. The predicted octanol–water partition coefficient (Wildman–Crippen LogP) is 8.47. The van der Waals surface area contributed by atoms with Gasteiger partial charge in [-0.2, -0.15) is 0 Å². The van der Waals surface area contributed by atoms with Crippen LogP contribution in [0.1, 0.15) is 87.5 Å². The minimum Gasteiger partial charge on any atom is -0.411 e. The lowest BCUT2D eigenvalue weighted by molar-refractivity contribution is -0.226. The van der Waals surface area contributed by atoms with Gasteiger partial charge in [-0.3, -0.25) is 0 Å². The van der Waals surface area contributed by atoms with Crippen LogP contribution in [-0.2, 0) is 23.4 Å². The largest absolute Gasteiger partial charge is 0.411 e. The van der Waals surface area contributed by atoms with Crippen molar-refractivity contribution in [3.8, 4) is 0 Å². The molecule has 6 atom stereocenters. The molecule has 0 N–H and O–H groups in total. The van der Waals surface area contributed by atoms with Crippen molar-refractivity contribution in [2.75, 3.05) is 28.1 Å². The molecule has 222 valence electrons. The summed E-state index contributed by atoms with van der Waals surface area (Å²) < 4.78 is 30.7. The minimum absolute atomic E-state index is 0.0571. The van der Waals surface area contributed by atoms with Gasteiger partial charge in [0.25, 0.3) is 0 Å². The highest BCUT2D eigenvalue weighted by molar-refractivity contribution is 6.74. The van der Waals surface area contributed by atoms with Gasteiger partial charge in [-0.25, -0.2) is 0 Å². The quantitative estimate of drug-likeness (QED) is 0.116. The zero-order chi connectivity index (χ0) is 29.1. The second kappa shape index (κ2) is 16.5. The van der Waals surface area contributed by atoms with Gasteiger partial charge in [0.2, 0.25) is 0 Å². The third kappa shape index (κ3) is 10.7. The lowest BCUT2D eigenvalue weighted by Gasteiger charge is -2.52. The first-order valence-electron chi connectivity index (χ1n) is 14.5. The van der Waals surface area contributed by atoms with Gasteiger partial charge in [0.1, 0.15) is 19.0 Å². The third-order valence-corrected chi connectivity index (χ3v) is 13.1. The Bertz CT molecular complexity index is 775. The highest BCUT2D eigenvalue weighted by atomic mass is 28.4. The van der Waals surface area contributed by atoms with Crippen LogP contribution < -0.4 is 0 Å². The summed E-state index contributed by atoms with van der Waals surface area (Å²) >= 11 is 0. The van der Waals surface area contributed by atoms with E-state index < -0.39 is 8.32 Å². The molecule has 38 heavy (non-hydrogen) atoms. The maximum Gasteiger partial charge on any atom is 0.192 e. The highest BCUT2D eigenvalue weighted by Crippen LogP contribution is 2.44. The van der Waals surface area contributed by atoms with Crippen molar-refractivity contribution in [1.29, 1.82) is 0 Å². The molecule has 0 unspecified atom stereocenters. The Morgan fingerprint density at radius 3 is 1.79 bits per heavy atom. The molecular formula is C32H60O5Si. The molecule has 0 aromatic heterocycles. The van der Waals surface area contributed by atoms with Crippen molar-refractivity contribution < 1.29 is 23.4 Å². The van der Waals surface area contributed by atoms with Crippen LogP contribution in [0, 0.1) is 11.8 Å². The average molecular weight is 553 g/mol. The van der Waals surface area contributed by atoms with Crippen LogP contribution in [0.25, 0.3) is 0 Å². The van der Waals surface area contributed by atoms with E-state index in [2.05, 4.69) is 86.7 Å². The Morgan fingerprint density at radius 1 is 0.763 bits per heavy atom. The van der Waals surface area contributed by atoms with E-state index in [-0.39, 0.29) is 48.1 Å². The van der Waals surface area contributed by atoms with Crippen LogP contribution in [0.5, 0.6) is 0 Å². The second-order valence-corrected chi connectivity index (χ2v) is 17.8. The van der Waals surface area contributed by atoms with Crippen molar-refractivity contribution in [3.05, 3.63) is 34.9 Å². The summed E-state index contributed by atoms with van der Waals surface area (Å²) in [4.78, 5) is 0. The monoisotopic (exact) mass is 552 g/mol. The molecule has 0 amide bonds. The Kier molecular flexibility index (Phi) is 15.3. The Balaban J connectivity index is 3.10. The van der Waals surface area contributed by atoms with Gasteiger partial charge in [0, 0.05) is 21.3 Å². The summed E-state index contributed by atoms with van der Waals surface area (Å²) in [5, 5.41) is 0.111. The van der Waals surface area contributed by atoms with Crippen molar-refractivity contribution in [1.82, 2.24) is 0 Å². The predicted molar refractivity (Wildman–Crippen MR) is 163 cm³/mol. The van der Waals surface area contributed by atoms with Crippen LogP contribution in [0.15, 0.2) is 34.9 Å². The highest BCUT2D eigenvalue weighted by Gasteiger charge is 2.53. The molecule has 0 heterocycles. The summed E-state index contributed by atoms with van der Waals surface area (Å²) in [5.74, 6) is 0.469. The first-order valence-corrected chi connectivity index (χ1v) is 17.4. The Labute approximate surface area is 236 Å². The first kappa shape index (κ1) is 35.3. The van der Waals surface area contributed by atoms with Gasteiger partial charge in [0.05, 0.1) is 12.2 Å². The maximum atomic E-state index is 7.03. The lowest BCUT2D eigenvalue weighted by atomic mass is 9.71. The van der Waals surface area contributed by atoms with Crippen LogP contribution in [0.2, 0.25) is 18.1 Å². The molecule has 1 saturated carbocycles. The third-order valence-electron chi connectivity index (χ3n) is 8.61. The zero-order valence-corrected chi connectivity index (χ0v) is 28.0. The molecule has 1 aliphatic rings. The molecule has 6 heteroatoms. The standard InChI is InChI=1S/C32H60O5Si/c1-23(2)16-14-17-24(3)18-15-19-25(4)20-21-27-26(5)28(37-38(12,13)32(6,7)8)30(34-10)31(35-11)29(27)36-22-33-9/h16,18,20,26-31H,14-15,17,19,21-22H2,1-13H3/b24-18+,25-20+/t26-,27-,28+,29-,30-,31+/m1/s1. The fraction of sp³-hybridized carbons (Fsp3) is 0.812. The second-order valence-electron chi connectivity index (χ2n) is 13.0. The number of ether oxygens (including phenoxy) is 4. The van der Waals surface area contributed by atoms with Crippen molar-refractivity contribution >= 4 is 8.32 Å². The van der Waals surface area contributed by atoms with Crippen molar-refractivity contribution in [2.45, 2.75) is 130 Å². The molecule has 1 fully saturated rings. The molecule has 0 bridgehead atoms. The first-order chi connectivity index (χ1) is 17.7. The van der Waals surface area contributed by atoms with E-state index >= 15 is 0 Å². The summed E-state index contributed by atoms with van der Waals surface area (Å²) in [6.07, 6.45) is 11.8. The van der Waals surface area contributed by atoms with Crippen molar-refractivity contribution in [3.63, 3.8) is 0 Å². The van der Waals surface area contributed by atoms with Crippen molar-refractivity contribution in [2.24, 2.45) is 11.8 Å². The normalized spacial score (nSPS) is 27.5. The van der Waals surface area contributed by atoms with E-state index in [0.717, 1.165) is 32.1 Å². The fourth-order valence-corrected chi connectivity index (χ4v) is 6.46. The van der Waals surface area contributed by atoms with Crippen LogP contribution in [-0.4, -0.2) is 60.9 Å². The molecule has 1 aliphatic carbocycles. The number of allylic oxidation sites excluding steroid dienone is 6. The zero-order valence-electron chi connectivity index (χ0n) is 27.0. The number of rotatable bonds is 15. The van der Waals surface area contributed by atoms with E-state index in [9.17, 15) is 0 Å². The van der Waals surface area contributed by atoms with E-state index in [1.165, 1.54) is 16.7 Å². The van der Waals surface area contributed by atoms with Crippen LogP contribution >= 0.6 is 0 Å². The lowest BCUT2D eigenvalue weighted by Crippen LogP contribution is -2.63. The molecule has 0 aromatic carbocycles.